The number of aromatic nitrogens is 2. The van der Waals surface area contributed by atoms with E-state index in [0.717, 1.165) is 11.0 Å². The molecule has 3 aromatic carbocycles. The van der Waals surface area contributed by atoms with E-state index in [1.54, 1.807) is 11.9 Å². The van der Waals surface area contributed by atoms with Crippen LogP contribution in [0, 0.1) is 11.6 Å². The molecule has 4 aromatic rings. The minimum atomic E-state index is -1.08. The number of benzene rings is 3. The molecular formula is C42H41ClF2N8O9. The first-order chi connectivity index (χ1) is 29.8. The van der Waals surface area contributed by atoms with Crippen molar-refractivity contribution in [3.63, 3.8) is 0 Å². The highest BCUT2D eigenvalue weighted by Crippen LogP contribution is 2.42. The van der Waals surface area contributed by atoms with Crippen LogP contribution in [-0.2, 0) is 23.9 Å². The average molecular weight is 875 g/mol. The van der Waals surface area contributed by atoms with Crippen LogP contribution in [0.3, 0.4) is 0 Å². The summed E-state index contributed by atoms with van der Waals surface area (Å²) in [6.45, 7) is 5.57. The second-order valence-corrected chi connectivity index (χ2v) is 15.0. The zero-order valence-electron chi connectivity index (χ0n) is 33.4. The number of likely N-dealkylation sites (N-methyl/N-ethyl adjacent to an activating group) is 1. The molecule has 0 spiro atoms. The number of nitrogens with zero attached hydrogens (tertiary/aromatic N) is 6. The Kier molecular flexibility index (Phi) is 12.9. The molecule has 0 saturated carbocycles. The van der Waals surface area contributed by atoms with Crippen molar-refractivity contribution < 1.29 is 52.1 Å². The summed E-state index contributed by atoms with van der Waals surface area (Å²) in [4.78, 5) is 89.9. The molecule has 3 N–H and O–H groups in total. The summed E-state index contributed by atoms with van der Waals surface area (Å²) >= 11 is 6.55. The topological polar surface area (TPSA) is 204 Å². The van der Waals surface area contributed by atoms with Crippen molar-refractivity contribution >= 4 is 69.7 Å². The summed E-state index contributed by atoms with van der Waals surface area (Å²) in [6, 6.07) is 8.28. The number of carbonyl (C=O) groups is 6. The minimum absolute atomic E-state index is 0.00332. The van der Waals surface area contributed by atoms with Gasteiger partial charge in [0, 0.05) is 70.1 Å². The standard InChI is InChI=1S/C42H41ClF2N8O9/c1-3-32(56)51-13-15-52(16-14-51)38-26-22-27(43)34(35-28(44)5-4-6-30(35)54)36(45)37(26)48-42(49-38)46-12-11-33(57)50(2)17-18-61-19-20-62-23-7-8-24-25(21-23)41(60)53(40(24)59)29-9-10-31(55)47-39(29)58/h3-8,21-22,29,54H,1,9-20H2,2H3,(H,46,48,49)(H,47,55,58). The van der Waals surface area contributed by atoms with E-state index < -0.39 is 52.6 Å². The van der Waals surface area contributed by atoms with Crippen LogP contribution in [0.1, 0.15) is 40.0 Å². The molecule has 17 nitrogen and oxygen atoms in total. The highest BCUT2D eigenvalue weighted by atomic mass is 35.5. The molecule has 1 atom stereocenters. The van der Waals surface area contributed by atoms with Gasteiger partial charge in [0.2, 0.25) is 29.6 Å². The van der Waals surface area contributed by atoms with Gasteiger partial charge in [0.15, 0.2) is 5.82 Å². The van der Waals surface area contributed by atoms with Gasteiger partial charge in [-0.25, -0.2) is 13.8 Å². The van der Waals surface area contributed by atoms with Gasteiger partial charge >= 0.3 is 0 Å². The smallest absolute Gasteiger partial charge is 0.262 e. The summed E-state index contributed by atoms with van der Waals surface area (Å²) < 4.78 is 42.7. The predicted molar refractivity (Wildman–Crippen MR) is 221 cm³/mol. The number of carbonyl (C=O) groups excluding carboxylic acids is 6. The van der Waals surface area contributed by atoms with E-state index in [0.29, 0.717) is 37.7 Å². The Balaban J connectivity index is 0.929. The normalized spacial score (nSPS) is 16.4. The van der Waals surface area contributed by atoms with Crippen LogP contribution in [0.4, 0.5) is 20.5 Å². The van der Waals surface area contributed by atoms with Crippen LogP contribution in [0.5, 0.6) is 11.5 Å². The lowest BCUT2D eigenvalue weighted by Crippen LogP contribution is -2.54. The fourth-order valence-corrected chi connectivity index (χ4v) is 7.70. The first-order valence-corrected chi connectivity index (χ1v) is 20.0. The number of hydrogen-bond donors (Lipinski definition) is 3. The van der Waals surface area contributed by atoms with E-state index in [-0.39, 0.29) is 103 Å². The molecule has 7 rings (SSSR count). The molecule has 3 aliphatic heterocycles. The molecule has 0 bridgehead atoms. The Morgan fingerprint density at radius 3 is 2.50 bits per heavy atom. The Bertz CT molecular complexity index is 2480. The SMILES string of the molecule is C=CC(=O)N1CCN(c2nc(NCCC(=O)N(C)CCOCCOc3ccc4c(c3)C(=O)N(C3CCC(=O)NC3=O)C4=O)nc3c(F)c(-c4c(O)cccc4F)c(Cl)cc23)CC1. The minimum Gasteiger partial charge on any atom is -0.507 e. The van der Waals surface area contributed by atoms with E-state index in [9.17, 15) is 38.3 Å². The van der Waals surface area contributed by atoms with Gasteiger partial charge in [-0.1, -0.05) is 24.2 Å². The maximum absolute atomic E-state index is 16.4. The first-order valence-electron chi connectivity index (χ1n) is 19.6. The Hall–Kier alpha value is -6.73. The fourth-order valence-electron chi connectivity index (χ4n) is 7.42. The molecule has 0 aliphatic carbocycles. The molecule has 62 heavy (non-hydrogen) atoms. The van der Waals surface area contributed by atoms with Crippen LogP contribution in [0.25, 0.3) is 22.0 Å². The van der Waals surface area contributed by atoms with Crippen molar-refractivity contribution in [2.75, 3.05) is 76.4 Å². The fraction of sp³-hybridized carbons (Fsp3) is 0.333. The quantitative estimate of drug-likeness (QED) is 0.0891. The summed E-state index contributed by atoms with van der Waals surface area (Å²) in [5.41, 5.74) is -0.792. The Morgan fingerprint density at radius 2 is 1.77 bits per heavy atom. The number of piperazine rings is 1. The monoisotopic (exact) mass is 874 g/mol. The largest absolute Gasteiger partial charge is 0.507 e. The molecule has 4 heterocycles. The van der Waals surface area contributed by atoms with Crippen molar-refractivity contribution in [3.8, 4) is 22.6 Å². The zero-order chi connectivity index (χ0) is 44.2. The molecule has 1 unspecified atom stereocenters. The number of aromatic hydroxyl groups is 1. The number of halogens is 3. The number of fused-ring (bicyclic) bond motifs is 2. The third kappa shape index (κ3) is 8.85. The van der Waals surface area contributed by atoms with Gasteiger partial charge in [-0.2, -0.15) is 4.98 Å². The number of amides is 6. The number of phenolic OH excluding ortho intramolecular Hbond substituents is 1. The first kappa shape index (κ1) is 43.4. The van der Waals surface area contributed by atoms with Crippen LogP contribution in [0.2, 0.25) is 5.02 Å². The van der Waals surface area contributed by atoms with Crippen molar-refractivity contribution in [2.24, 2.45) is 0 Å². The summed E-state index contributed by atoms with van der Waals surface area (Å²) in [5.74, 6) is -4.72. The summed E-state index contributed by atoms with van der Waals surface area (Å²) in [5, 5.41) is 15.7. The van der Waals surface area contributed by atoms with E-state index in [4.69, 9.17) is 21.1 Å². The second-order valence-electron chi connectivity index (χ2n) is 14.6. The number of nitrogens with one attached hydrogen (secondary N) is 2. The zero-order valence-corrected chi connectivity index (χ0v) is 34.2. The van der Waals surface area contributed by atoms with Crippen molar-refractivity contribution in [1.82, 2.24) is 30.0 Å². The Morgan fingerprint density at radius 1 is 1.02 bits per heavy atom. The Labute approximate surface area is 358 Å². The lowest BCUT2D eigenvalue weighted by atomic mass is 10.0. The number of piperidine rings is 1. The lowest BCUT2D eigenvalue weighted by molar-refractivity contribution is -0.136. The van der Waals surface area contributed by atoms with E-state index >= 15 is 4.39 Å². The average Bonchev–Trinajstić information content (AvgIpc) is 3.50. The van der Waals surface area contributed by atoms with Gasteiger partial charge in [0.1, 0.15) is 41.3 Å². The number of imide groups is 2. The number of ether oxygens (including phenoxy) is 2. The van der Waals surface area contributed by atoms with Crippen molar-refractivity contribution in [3.05, 3.63) is 82.9 Å². The van der Waals surface area contributed by atoms with Crippen LogP contribution in [0.15, 0.2) is 55.1 Å². The van der Waals surface area contributed by atoms with Gasteiger partial charge in [0.05, 0.1) is 34.9 Å². The van der Waals surface area contributed by atoms with Gasteiger partial charge < -0.3 is 34.6 Å². The third-order valence-corrected chi connectivity index (χ3v) is 11.0. The highest BCUT2D eigenvalue weighted by molar-refractivity contribution is 6.34. The molecule has 6 amide bonds. The molecule has 1 aromatic heterocycles. The van der Waals surface area contributed by atoms with Crippen LogP contribution < -0.4 is 20.3 Å². The van der Waals surface area contributed by atoms with E-state index in [1.165, 1.54) is 47.4 Å². The molecular weight excluding hydrogens is 834 g/mol. The number of rotatable bonds is 15. The van der Waals surface area contributed by atoms with Gasteiger partial charge in [-0.15, -0.1) is 0 Å². The number of hydrogen-bond acceptors (Lipinski definition) is 13. The van der Waals surface area contributed by atoms with Gasteiger partial charge in [0.25, 0.3) is 11.8 Å². The molecule has 2 fully saturated rings. The van der Waals surface area contributed by atoms with Crippen molar-refractivity contribution in [1.29, 1.82) is 0 Å². The molecule has 324 valence electrons. The van der Waals surface area contributed by atoms with Gasteiger partial charge in [-0.05, 0) is 48.9 Å². The third-order valence-electron chi connectivity index (χ3n) is 10.7. The summed E-state index contributed by atoms with van der Waals surface area (Å²) in [7, 11) is 1.60. The predicted octanol–water partition coefficient (Wildman–Crippen LogP) is 3.53. The maximum Gasteiger partial charge on any atom is 0.262 e. The number of anilines is 2. The molecule has 20 heteroatoms. The van der Waals surface area contributed by atoms with E-state index in [1.807, 2.05) is 4.90 Å². The second kappa shape index (κ2) is 18.5. The van der Waals surface area contributed by atoms with Crippen LogP contribution >= 0.6 is 11.6 Å². The molecule has 2 saturated heterocycles. The maximum atomic E-state index is 16.4. The van der Waals surface area contributed by atoms with Gasteiger partial charge in [-0.3, -0.25) is 39.0 Å². The van der Waals surface area contributed by atoms with E-state index in [2.05, 4.69) is 27.2 Å². The van der Waals surface area contributed by atoms with Crippen molar-refractivity contribution in [2.45, 2.75) is 25.3 Å². The molecule has 3 aliphatic rings. The molecule has 0 radical (unpaired) electrons. The highest BCUT2D eigenvalue weighted by Gasteiger charge is 2.44. The number of phenols is 1. The van der Waals surface area contributed by atoms with Crippen LogP contribution in [-0.4, -0.2) is 137 Å². The lowest BCUT2D eigenvalue weighted by Gasteiger charge is -2.35. The summed E-state index contributed by atoms with van der Waals surface area (Å²) in [6.07, 6.45) is 1.29.